The van der Waals surface area contributed by atoms with Gasteiger partial charge in [0.2, 0.25) is 5.90 Å². The fourth-order valence-corrected chi connectivity index (χ4v) is 2.88. The summed E-state index contributed by atoms with van der Waals surface area (Å²) in [5.41, 5.74) is 1.41. The average Bonchev–Trinajstić information content (AvgIpc) is 2.98. The standard InChI is InChI=1S/C19H15Cl2NO4/c1-3-25-17-14(21)7-11(9-16(17)24-2)8-15-19(23)26-18(22-15)12-5-4-6-13(20)10-12/h4-10H,3H2,1-2H3/b15-8-. The molecule has 0 aliphatic carbocycles. The van der Waals surface area contributed by atoms with E-state index < -0.39 is 5.97 Å². The smallest absolute Gasteiger partial charge is 0.363 e. The number of rotatable bonds is 5. The van der Waals surface area contributed by atoms with Crippen LogP contribution >= 0.6 is 23.2 Å². The minimum absolute atomic E-state index is 0.155. The number of cyclic esters (lactones) is 1. The summed E-state index contributed by atoms with van der Waals surface area (Å²) < 4.78 is 16.0. The Hall–Kier alpha value is -2.50. The number of halogens is 2. The van der Waals surface area contributed by atoms with E-state index in [4.69, 9.17) is 37.4 Å². The first-order valence-corrected chi connectivity index (χ1v) is 8.56. The number of ether oxygens (including phenoxy) is 3. The van der Waals surface area contributed by atoms with Crippen LogP contribution < -0.4 is 9.47 Å². The van der Waals surface area contributed by atoms with Crippen molar-refractivity contribution in [3.05, 3.63) is 63.3 Å². The largest absolute Gasteiger partial charge is 0.493 e. The SMILES string of the molecule is CCOc1c(Cl)cc(/C=C2\N=C(c3cccc(Cl)c3)OC2=O)cc1OC. The molecule has 0 N–H and O–H groups in total. The van der Waals surface area contributed by atoms with Crippen LogP contribution in [0.5, 0.6) is 11.5 Å². The van der Waals surface area contributed by atoms with Gasteiger partial charge in [-0.25, -0.2) is 9.79 Å². The van der Waals surface area contributed by atoms with E-state index in [9.17, 15) is 4.79 Å². The van der Waals surface area contributed by atoms with Crippen LogP contribution in [-0.2, 0) is 9.53 Å². The first kappa shape index (κ1) is 18.3. The molecule has 3 rings (SSSR count). The lowest BCUT2D eigenvalue weighted by Crippen LogP contribution is -2.05. The van der Waals surface area contributed by atoms with Crippen molar-refractivity contribution in [2.75, 3.05) is 13.7 Å². The van der Waals surface area contributed by atoms with Crippen LogP contribution in [0.4, 0.5) is 0 Å². The number of carbonyl (C=O) groups is 1. The van der Waals surface area contributed by atoms with Crippen LogP contribution in [0.2, 0.25) is 10.0 Å². The molecule has 0 bridgehead atoms. The van der Waals surface area contributed by atoms with Crippen LogP contribution in [0.15, 0.2) is 47.1 Å². The van der Waals surface area contributed by atoms with Gasteiger partial charge in [-0.3, -0.25) is 0 Å². The monoisotopic (exact) mass is 391 g/mol. The number of nitrogens with zero attached hydrogens (tertiary/aromatic N) is 1. The van der Waals surface area contributed by atoms with Gasteiger partial charge in [0.05, 0.1) is 18.7 Å². The molecule has 0 aromatic heterocycles. The summed E-state index contributed by atoms with van der Waals surface area (Å²) in [5.74, 6) is 0.573. The molecule has 1 aliphatic heterocycles. The number of esters is 1. The second kappa shape index (κ2) is 7.81. The van der Waals surface area contributed by atoms with Gasteiger partial charge in [0.1, 0.15) is 0 Å². The Morgan fingerprint density at radius 3 is 2.73 bits per heavy atom. The quantitative estimate of drug-likeness (QED) is 0.545. The molecule has 0 fully saturated rings. The van der Waals surface area contributed by atoms with E-state index in [1.54, 1.807) is 42.5 Å². The van der Waals surface area contributed by atoms with Gasteiger partial charge < -0.3 is 14.2 Å². The zero-order valence-electron chi connectivity index (χ0n) is 14.1. The second-order valence-corrected chi connectivity index (χ2v) is 6.16. The summed E-state index contributed by atoms with van der Waals surface area (Å²) >= 11 is 12.2. The Balaban J connectivity index is 1.97. The topological polar surface area (TPSA) is 57.1 Å². The van der Waals surface area contributed by atoms with Crippen molar-refractivity contribution >= 4 is 41.1 Å². The van der Waals surface area contributed by atoms with Gasteiger partial charge in [-0.2, -0.15) is 0 Å². The van der Waals surface area contributed by atoms with Gasteiger partial charge >= 0.3 is 5.97 Å². The van der Waals surface area contributed by atoms with Crippen molar-refractivity contribution in [1.82, 2.24) is 0 Å². The van der Waals surface area contributed by atoms with E-state index in [2.05, 4.69) is 4.99 Å². The van der Waals surface area contributed by atoms with Crippen molar-refractivity contribution in [1.29, 1.82) is 0 Å². The molecule has 0 spiro atoms. The zero-order valence-corrected chi connectivity index (χ0v) is 15.6. The van der Waals surface area contributed by atoms with Crippen LogP contribution in [0.25, 0.3) is 6.08 Å². The molecule has 0 radical (unpaired) electrons. The van der Waals surface area contributed by atoms with Crippen LogP contribution in [-0.4, -0.2) is 25.6 Å². The van der Waals surface area contributed by atoms with E-state index in [0.717, 1.165) is 0 Å². The maximum atomic E-state index is 12.1. The molecule has 2 aromatic carbocycles. The first-order valence-electron chi connectivity index (χ1n) is 7.80. The Kier molecular flexibility index (Phi) is 5.49. The van der Waals surface area contributed by atoms with Gasteiger partial charge in [0.25, 0.3) is 0 Å². The van der Waals surface area contributed by atoms with Crippen molar-refractivity contribution in [3.8, 4) is 11.5 Å². The van der Waals surface area contributed by atoms with Gasteiger partial charge in [0.15, 0.2) is 17.2 Å². The van der Waals surface area contributed by atoms with Crippen LogP contribution in [0, 0.1) is 0 Å². The zero-order chi connectivity index (χ0) is 18.7. The Bertz CT molecular complexity index is 922. The minimum atomic E-state index is -0.552. The lowest BCUT2D eigenvalue weighted by molar-refractivity contribution is -0.129. The van der Waals surface area contributed by atoms with Crippen molar-refractivity contribution in [2.24, 2.45) is 4.99 Å². The van der Waals surface area contributed by atoms with Crippen LogP contribution in [0.1, 0.15) is 18.1 Å². The van der Waals surface area contributed by atoms with Gasteiger partial charge in [-0.15, -0.1) is 0 Å². The lowest BCUT2D eigenvalue weighted by Gasteiger charge is -2.11. The second-order valence-electron chi connectivity index (χ2n) is 5.31. The highest BCUT2D eigenvalue weighted by Gasteiger charge is 2.24. The van der Waals surface area contributed by atoms with Crippen LogP contribution in [0.3, 0.4) is 0 Å². The number of hydrogen-bond acceptors (Lipinski definition) is 5. The number of benzene rings is 2. The third kappa shape index (κ3) is 3.84. The molecule has 1 heterocycles. The lowest BCUT2D eigenvalue weighted by atomic mass is 10.1. The highest BCUT2D eigenvalue weighted by Crippen LogP contribution is 2.37. The normalized spacial score (nSPS) is 15.0. The van der Waals surface area contributed by atoms with Crippen molar-refractivity contribution < 1.29 is 19.0 Å². The van der Waals surface area contributed by atoms with E-state index in [-0.39, 0.29) is 11.6 Å². The molecule has 0 atom stereocenters. The Labute approximate surface area is 160 Å². The summed E-state index contributed by atoms with van der Waals surface area (Å²) in [5, 5.41) is 0.908. The molecule has 2 aromatic rings. The summed E-state index contributed by atoms with van der Waals surface area (Å²) in [6.07, 6.45) is 1.57. The molecule has 134 valence electrons. The molecule has 0 saturated carbocycles. The summed E-state index contributed by atoms with van der Waals surface area (Å²) in [4.78, 5) is 16.4. The maximum absolute atomic E-state index is 12.1. The summed E-state index contributed by atoms with van der Waals surface area (Å²) in [6, 6.07) is 10.3. The molecular weight excluding hydrogens is 377 g/mol. The number of carbonyl (C=O) groups excluding carboxylic acids is 1. The average molecular weight is 392 g/mol. The molecule has 26 heavy (non-hydrogen) atoms. The highest BCUT2D eigenvalue weighted by atomic mass is 35.5. The van der Waals surface area contributed by atoms with Gasteiger partial charge in [-0.05, 0) is 48.9 Å². The Morgan fingerprint density at radius 1 is 1.23 bits per heavy atom. The number of hydrogen-bond donors (Lipinski definition) is 0. The van der Waals surface area contributed by atoms with E-state index in [1.165, 1.54) is 7.11 Å². The molecule has 0 unspecified atom stereocenters. The fraction of sp³-hybridized carbons (Fsp3) is 0.158. The summed E-state index contributed by atoms with van der Waals surface area (Å²) in [6.45, 7) is 2.31. The molecule has 5 nitrogen and oxygen atoms in total. The van der Waals surface area contributed by atoms with E-state index >= 15 is 0 Å². The predicted molar refractivity (Wildman–Crippen MR) is 101 cm³/mol. The van der Waals surface area contributed by atoms with E-state index in [1.807, 2.05) is 6.92 Å². The summed E-state index contributed by atoms with van der Waals surface area (Å²) in [7, 11) is 1.52. The van der Waals surface area contributed by atoms with Crippen molar-refractivity contribution in [2.45, 2.75) is 6.92 Å². The van der Waals surface area contributed by atoms with E-state index in [0.29, 0.717) is 39.3 Å². The first-order chi connectivity index (χ1) is 12.5. The maximum Gasteiger partial charge on any atom is 0.363 e. The third-order valence-corrected chi connectivity index (χ3v) is 4.05. The molecular formula is C19H15Cl2NO4. The molecule has 0 saturated heterocycles. The third-order valence-electron chi connectivity index (χ3n) is 3.54. The minimum Gasteiger partial charge on any atom is -0.493 e. The predicted octanol–water partition coefficient (Wildman–Crippen LogP) is 4.75. The number of methoxy groups -OCH3 is 1. The molecule has 1 aliphatic rings. The molecule has 0 amide bonds. The van der Waals surface area contributed by atoms with Crippen molar-refractivity contribution in [3.63, 3.8) is 0 Å². The fourth-order valence-electron chi connectivity index (χ4n) is 2.42. The van der Waals surface area contributed by atoms with Gasteiger partial charge in [-0.1, -0.05) is 29.3 Å². The highest BCUT2D eigenvalue weighted by molar-refractivity contribution is 6.32. The number of aliphatic imine (C=N–C) groups is 1. The molecule has 7 heteroatoms. The Morgan fingerprint density at radius 2 is 2.04 bits per heavy atom. The van der Waals surface area contributed by atoms with Gasteiger partial charge in [0, 0.05) is 10.6 Å².